The number of carbonyl (C=O) groups excluding carboxylic acids is 3. The summed E-state index contributed by atoms with van der Waals surface area (Å²) >= 11 is 0. The van der Waals surface area contributed by atoms with E-state index in [4.69, 9.17) is 4.74 Å². The molecule has 1 heterocycles. The predicted molar refractivity (Wildman–Crippen MR) is 96.3 cm³/mol. The van der Waals surface area contributed by atoms with Crippen LogP contribution < -0.4 is 0 Å². The maximum Gasteiger partial charge on any atom is 0.333 e. The number of fused-ring (bicyclic) bond motifs is 1. The molecule has 0 radical (unpaired) electrons. The van der Waals surface area contributed by atoms with Crippen molar-refractivity contribution in [2.45, 2.75) is 45.6 Å². The van der Waals surface area contributed by atoms with Crippen LogP contribution in [0.5, 0.6) is 0 Å². The molecule has 5 heteroatoms. The van der Waals surface area contributed by atoms with E-state index in [0.717, 1.165) is 18.4 Å². The fraction of sp³-hybridized carbons (Fsp3) is 0.476. The Morgan fingerprint density at radius 2 is 1.81 bits per heavy atom. The van der Waals surface area contributed by atoms with Gasteiger partial charge in [-0.2, -0.15) is 0 Å². The van der Waals surface area contributed by atoms with Crippen LogP contribution in [-0.2, 0) is 20.7 Å². The minimum Gasteiger partial charge on any atom is -0.458 e. The number of esters is 1. The molecule has 0 bridgehead atoms. The Morgan fingerprint density at radius 1 is 1.15 bits per heavy atom. The van der Waals surface area contributed by atoms with Gasteiger partial charge in [0.2, 0.25) is 0 Å². The molecule has 0 N–H and O–H groups in total. The smallest absolute Gasteiger partial charge is 0.333 e. The normalized spacial score (nSPS) is 21.8. The number of hydrogen-bond donors (Lipinski definition) is 0. The molecule has 0 aromatic heterocycles. The van der Waals surface area contributed by atoms with Crippen LogP contribution in [0.15, 0.2) is 24.3 Å². The summed E-state index contributed by atoms with van der Waals surface area (Å²) in [6.07, 6.45) is 2.04. The summed E-state index contributed by atoms with van der Waals surface area (Å²) in [4.78, 5) is 40.0. The largest absolute Gasteiger partial charge is 0.458 e. The van der Waals surface area contributed by atoms with E-state index in [0.29, 0.717) is 18.7 Å². The quantitative estimate of drug-likeness (QED) is 0.442. The number of Topliss-reactive ketones (excluding diaryl/α,β-unsaturated/α-hetero) is 1. The van der Waals surface area contributed by atoms with Crippen molar-refractivity contribution in [1.82, 2.24) is 4.90 Å². The maximum atomic E-state index is 13.1. The molecule has 1 aromatic rings. The second kappa shape index (κ2) is 6.60. The van der Waals surface area contributed by atoms with Crippen LogP contribution >= 0.6 is 0 Å². The summed E-state index contributed by atoms with van der Waals surface area (Å²) in [7, 11) is 0. The highest BCUT2D eigenvalue weighted by atomic mass is 16.6. The Bertz CT molecular complexity index is 818. The Kier molecular flexibility index (Phi) is 4.62. The summed E-state index contributed by atoms with van der Waals surface area (Å²) in [5.74, 6) is 3.87. The minimum absolute atomic E-state index is 0.136. The topological polar surface area (TPSA) is 63.7 Å². The van der Waals surface area contributed by atoms with Crippen molar-refractivity contribution in [3.8, 4) is 11.8 Å². The zero-order chi connectivity index (χ0) is 18.9. The lowest BCUT2D eigenvalue weighted by molar-refractivity contribution is -0.161. The van der Waals surface area contributed by atoms with E-state index in [9.17, 15) is 14.4 Å². The van der Waals surface area contributed by atoms with Crippen LogP contribution in [0.1, 0.15) is 49.5 Å². The van der Waals surface area contributed by atoms with Crippen LogP contribution in [0.25, 0.3) is 0 Å². The third-order valence-electron chi connectivity index (χ3n) is 4.63. The zero-order valence-electron chi connectivity index (χ0n) is 15.4. The van der Waals surface area contributed by atoms with Gasteiger partial charge < -0.3 is 9.64 Å². The minimum atomic E-state index is -1.65. The first-order valence-corrected chi connectivity index (χ1v) is 8.91. The van der Waals surface area contributed by atoms with E-state index >= 15 is 0 Å². The van der Waals surface area contributed by atoms with Gasteiger partial charge in [-0.15, -0.1) is 0 Å². The van der Waals surface area contributed by atoms with Crippen molar-refractivity contribution >= 4 is 17.7 Å². The van der Waals surface area contributed by atoms with Crippen LogP contribution in [0, 0.1) is 17.3 Å². The third kappa shape index (κ3) is 3.37. The summed E-state index contributed by atoms with van der Waals surface area (Å²) in [6, 6.07) is 7.07. The van der Waals surface area contributed by atoms with Gasteiger partial charge in [0.05, 0.1) is 0 Å². The van der Waals surface area contributed by atoms with Gasteiger partial charge in [0.15, 0.2) is 11.2 Å². The van der Waals surface area contributed by atoms with Crippen molar-refractivity contribution < 1.29 is 19.1 Å². The molecule has 5 nitrogen and oxygen atoms in total. The van der Waals surface area contributed by atoms with Gasteiger partial charge in [0.1, 0.15) is 5.60 Å². The summed E-state index contributed by atoms with van der Waals surface area (Å²) in [5, 5.41) is 0. The van der Waals surface area contributed by atoms with E-state index < -0.39 is 17.0 Å². The number of benzene rings is 1. The Labute approximate surface area is 153 Å². The van der Waals surface area contributed by atoms with Gasteiger partial charge in [0.25, 0.3) is 5.91 Å². The van der Waals surface area contributed by atoms with E-state index in [1.165, 1.54) is 0 Å². The van der Waals surface area contributed by atoms with Gasteiger partial charge in [-0.3, -0.25) is 9.59 Å². The number of amides is 1. The number of likely N-dealkylation sites (tertiary alicyclic amines) is 1. The summed E-state index contributed by atoms with van der Waals surface area (Å²) in [6.45, 7) is 6.57. The number of rotatable bonds is 1. The molecule has 0 spiro atoms. The van der Waals surface area contributed by atoms with Crippen LogP contribution in [-0.4, -0.2) is 41.3 Å². The zero-order valence-corrected chi connectivity index (χ0v) is 15.4. The molecule has 1 saturated heterocycles. The molecular formula is C21H23NO4. The highest BCUT2D eigenvalue weighted by molar-refractivity contribution is 6.19. The van der Waals surface area contributed by atoms with E-state index in [1.807, 2.05) is 12.1 Å². The van der Waals surface area contributed by atoms with Crippen LogP contribution in [0.4, 0.5) is 0 Å². The predicted octanol–water partition coefficient (Wildman–Crippen LogP) is 2.38. The van der Waals surface area contributed by atoms with Crippen molar-refractivity contribution in [2.24, 2.45) is 5.41 Å². The first kappa shape index (κ1) is 18.2. The average Bonchev–Trinajstić information content (AvgIpc) is 3.19. The van der Waals surface area contributed by atoms with Gasteiger partial charge in [-0.25, -0.2) is 4.79 Å². The molecule has 1 aliphatic carbocycles. The van der Waals surface area contributed by atoms with E-state index in [2.05, 4.69) is 11.8 Å². The second-order valence-corrected chi connectivity index (χ2v) is 7.82. The fourth-order valence-electron chi connectivity index (χ4n) is 3.33. The molecule has 136 valence electrons. The Hall–Kier alpha value is -2.61. The maximum absolute atomic E-state index is 13.1. The molecule has 3 rings (SSSR count). The monoisotopic (exact) mass is 353 g/mol. The molecule has 1 amide bonds. The molecule has 1 unspecified atom stereocenters. The Morgan fingerprint density at radius 3 is 2.42 bits per heavy atom. The van der Waals surface area contributed by atoms with Crippen molar-refractivity contribution in [3.63, 3.8) is 0 Å². The van der Waals surface area contributed by atoms with Crippen LogP contribution in [0.3, 0.4) is 0 Å². The molecule has 26 heavy (non-hydrogen) atoms. The molecule has 2 aliphatic rings. The van der Waals surface area contributed by atoms with Gasteiger partial charge >= 0.3 is 5.97 Å². The summed E-state index contributed by atoms with van der Waals surface area (Å²) in [5.41, 5.74) is -1.17. The first-order valence-electron chi connectivity index (χ1n) is 8.91. The van der Waals surface area contributed by atoms with Gasteiger partial charge in [-0.05, 0) is 45.1 Å². The number of ether oxygens (including phenoxy) is 1. The third-order valence-corrected chi connectivity index (χ3v) is 4.63. The van der Waals surface area contributed by atoms with E-state index in [1.54, 1.807) is 37.8 Å². The SMILES string of the molecule is CC(C)(C)OC(=O)C1(C#CC(=O)N2CCCC2)Cc2ccccc2C1=O. The average molecular weight is 353 g/mol. The second-order valence-electron chi connectivity index (χ2n) is 7.82. The molecule has 1 fully saturated rings. The van der Waals surface area contributed by atoms with E-state index in [-0.39, 0.29) is 18.1 Å². The van der Waals surface area contributed by atoms with Crippen molar-refractivity contribution in [1.29, 1.82) is 0 Å². The fourth-order valence-corrected chi connectivity index (χ4v) is 3.33. The molecule has 0 saturated carbocycles. The number of hydrogen-bond acceptors (Lipinski definition) is 4. The standard InChI is InChI=1S/C21H23NO4/c1-20(2,3)26-19(25)21(11-10-17(23)22-12-6-7-13-22)14-15-8-4-5-9-16(15)18(21)24/h4-5,8-9H,6-7,12-14H2,1-3H3. The lowest BCUT2D eigenvalue weighted by atomic mass is 9.84. The molecule has 1 aromatic carbocycles. The number of carbonyl (C=O) groups is 3. The molecule has 1 aliphatic heterocycles. The number of ketones is 1. The highest BCUT2D eigenvalue weighted by Gasteiger charge is 2.52. The van der Waals surface area contributed by atoms with Gasteiger partial charge in [-0.1, -0.05) is 30.2 Å². The Balaban J connectivity index is 1.98. The van der Waals surface area contributed by atoms with Gasteiger partial charge in [0, 0.05) is 25.1 Å². The number of nitrogens with zero attached hydrogens (tertiary/aromatic N) is 1. The highest BCUT2D eigenvalue weighted by Crippen LogP contribution is 2.38. The van der Waals surface area contributed by atoms with Crippen LogP contribution in [0.2, 0.25) is 0 Å². The molecule has 1 atom stereocenters. The first-order chi connectivity index (χ1) is 12.2. The molecular weight excluding hydrogens is 330 g/mol. The van der Waals surface area contributed by atoms with Crippen molar-refractivity contribution in [3.05, 3.63) is 35.4 Å². The van der Waals surface area contributed by atoms with Crippen molar-refractivity contribution in [2.75, 3.05) is 13.1 Å². The summed E-state index contributed by atoms with van der Waals surface area (Å²) < 4.78 is 5.50. The lowest BCUT2D eigenvalue weighted by Crippen LogP contribution is -2.41. The lowest BCUT2D eigenvalue weighted by Gasteiger charge is -2.26.